The molecule has 1 aliphatic rings. The van der Waals surface area contributed by atoms with Gasteiger partial charge in [-0.25, -0.2) is 0 Å². The second kappa shape index (κ2) is 6.50. The first-order chi connectivity index (χ1) is 11.4. The van der Waals surface area contributed by atoms with Crippen molar-refractivity contribution in [3.8, 4) is 0 Å². The van der Waals surface area contributed by atoms with Crippen molar-refractivity contribution in [1.82, 2.24) is 4.98 Å². The maximum Gasteiger partial charge on any atom is 0.251 e. The fourth-order valence-electron chi connectivity index (χ4n) is 2.85. The lowest BCUT2D eigenvalue weighted by Gasteiger charge is -2.40. The molecule has 1 aliphatic heterocycles. The van der Waals surface area contributed by atoms with Crippen molar-refractivity contribution in [2.24, 2.45) is 0 Å². The van der Waals surface area contributed by atoms with Gasteiger partial charge in [0, 0.05) is 11.3 Å². The molecule has 1 fully saturated rings. The van der Waals surface area contributed by atoms with Crippen LogP contribution in [0.15, 0.2) is 29.1 Å². The molecule has 8 nitrogen and oxygen atoms in total. The van der Waals surface area contributed by atoms with Crippen LogP contribution in [0.1, 0.15) is 5.56 Å². The predicted octanol–water partition coefficient (Wildman–Crippen LogP) is -0.952. The number of hydrogen-bond acceptors (Lipinski definition) is 7. The van der Waals surface area contributed by atoms with Crippen molar-refractivity contribution >= 4 is 16.6 Å². The zero-order valence-corrected chi connectivity index (χ0v) is 13.0. The fourth-order valence-corrected chi connectivity index (χ4v) is 2.85. The summed E-state index contributed by atoms with van der Waals surface area (Å²) in [6.07, 6.45) is -5.13. The van der Waals surface area contributed by atoms with E-state index in [4.69, 9.17) is 9.84 Å². The lowest BCUT2D eigenvalue weighted by atomic mass is 9.97. The Hall–Kier alpha value is -1.97. The van der Waals surface area contributed by atoms with Crippen molar-refractivity contribution in [2.45, 2.75) is 37.6 Å². The molecule has 8 heteroatoms. The zero-order chi connectivity index (χ0) is 17.4. The van der Waals surface area contributed by atoms with Crippen molar-refractivity contribution in [3.63, 3.8) is 0 Å². The molecule has 3 rings (SSSR count). The van der Waals surface area contributed by atoms with E-state index >= 15 is 0 Å². The molecular formula is C16H20N2O6. The summed E-state index contributed by atoms with van der Waals surface area (Å²) in [5.41, 5.74) is 1.54. The van der Waals surface area contributed by atoms with Crippen molar-refractivity contribution < 1.29 is 25.2 Å². The predicted molar refractivity (Wildman–Crippen MR) is 86.7 cm³/mol. The van der Waals surface area contributed by atoms with Gasteiger partial charge in [-0.2, -0.15) is 0 Å². The molecule has 0 bridgehead atoms. The van der Waals surface area contributed by atoms with E-state index in [1.165, 1.54) is 0 Å². The third-order valence-electron chi connectivity index (χ3n) is 4.27. The number of ether oxygens (including phenoxy) is 1. The number of aromatic amines is 1. The molecule has 1 aromatic carbocycles. The first-order valence-corrected chi connectivity index (χ1v) is 7.61. The van der Waals surface area contributed by atoms with Crippen molar-refractivity contribution in [3.05, 3.63) is 40.2 Å². The van der Waals surface area contributed by atoms with Gasteiger partial charge in [0.25, 0.3) is 5.56 Å². The maximum atomic E-state index is 11.7. The molecule has 24 heavy (non-hydrogen) atoms. The second-order valence-corrected chi connectivity index (χ2v) is 5.98. The van der Waals surface area contributed by atoms with E-state index in [0.29, 0.717) is 16.8 Å². The van der Waals surface area contributed by atoms with Crippen LogP contribution >= 0.6 is 0 Å². The van der Waals surface area contributed by atoms with Gasteiger partial charge in [-0.15, -0.1) is 0 Å². The summed E-state index contributed by atoms with van der Waals surface area (Å²) in [5, 5.41) is 42.9. The minimum Gasteiger partial charge on any atom is -0.394 e. The number of fused-ring (bicyclic) bond motifs is 1. The quantitative estimate of drug-likeness (QED) is 0.425. The van der Waals surface area contributed by atoms with Gasteiger partial charge in [0.05, 0.1) is 12.1 Å². The number of aliphatic hydroxyl groups excluding tert-OH is 4. The minimum absolute atomic E-state index is 0.193. The van der Waals surface area contributed by atoms with Gasteiger partial charge in [0.2, 0.25) is 0 Å². The van der Waals surface area contributed by atoms with Gasteiger partial charge < -0.3 is 35.5 Å². The van der Waals surface area contributed by atoms with E-state index in [9.17, 15) is 20.1 Å². The van der Waals surface area contributed by atoms with E-state index in [1.54, 1.807) is 31.2 Å². The number of anilines is 1. The highest BCUT2D eigenvalue weighted by molar-refractivity contribution is 5.82. The van der Waals surface area contributed by atoms with Crippen LogP contribution in [-0.2, 0) is 4.74 Å². The first-order valence-electron chi connectivity index (χ1n) is 7.61. The Balaban J connectivity index is 1.86. The summed E-state index contributed by atoms with van der Waals surface area (Å²) in [6.45, 7) is 1.20. The van der Waals surface area contributed by atoms with Gasteiger partial charge in [0.1, 0.15) is 24.4 Å². The van der Waals surface area contributed by atoms with Gasteiger partial charge in [-0.3, -0.25) is 4.79 Å². The Morgan fingerprint density at radius 3 is 2.67 bits per heavy atom. The van der Waals surface area contributed by atoms with Gasteiger partial charge >= 0.3 is 0 Å². The number of pyridine rings is 1. The van der Waals surface area contributed by atoms with E-state index in [2.05, 4.69) is 10.3 Å². The number of aryl methyl sites for hydroxylation is 1. The van der Waals surface area contributed by atoms with Gasteiger partial charge in [0.15, 0.2) is 6.29 Å². The molecule has 5 atom stereocenters. The number of H-pyrrole nitrogens is 1. The monoisotopic (exact) mass is 336 g/mol. The Kier molecular flexibility index (Phi) is 4.57. The standard InChI is InChI=1S/C16H20N2O6/c1-7-4-8-2-3-9(5-10(8)18-15(7)22)17-12-14(21)13(20)11(6-19)24-16(12)23/h2-5,11-14,16-17,19-21,23H,6H2,1H3,(H,18,22)/t11?,12?,13-,14?,16?/m0/s1. The molecule has 130 valence electrons. The molecule has 1 aromatic heterocycles. The van der Waals surface area contributed by atoms with E-state index < -0.39 is 37.3 Å². The summed E-state index contributed by atoms with van der Waals surface area (Å²) >= 11 is 0. The first kappa shape index (κ1) is 16.9. The van der Waals surface area contributed by atoms with Crippen LogP contribution in [0.3, 0.4) is 0 Å². The van der Waals surface area contributed by atoms with Crippen LogP contribution in [-0.4, -0.2) is 62.7 Å². The van der Waals surface area contributed by atoms with Crippen LogP contribution in [0.5, 0.6) is 0 Å². The molecule has 2 aromatic rings. The van der Waals surface area contributed by atoms with Gasteiger partial charge in [-0.1, -0.05) is 6.07 Å². The molecule has 0 radical (unpaired) electrons. The zero-order valence-electron chi connectivity index (χ0n) is 13.0. The second-order valence-electron chi connectivity index (χ2n) is 5.98. The maximum absolute atomic E-state index is 11.7. The molecule has 0 aliphatic carbocycles. The van der Waals surface area contributed by atoms with Crippen LogP contribution in [0, 0.1) is 6.92 Å². The van der Waals surface area contributed by atoms with Crippen molar-refractivity contribution in [1.29, 1.82) is 0 Å². The summed E-state index contributed by atoms with van der Waals surface area (Å²) in [7, 11) is 0. The van der Waals surface area contributed by atoms with E-state index in [-0.39, 0.29) is 5.56 Å². The lowest BCUT2D eigenvalue weighted by molar-refractivity contribution is -0.245. The number of benzene rings is 1. The van der Waals surface area contributed by atoms with E-state index in [0.717, 1.165) is 5.39 Å². The number of nitrogens with one attached hydrogen (secondary N) is 2. The highest BCUT2D eigenvalue weighted by atomic mass is 16.6. The minimum atomic E-state index is -1.41. The Labute approximate surface area is 137 Å². The third-order valence-corrected chi connectivity index (χ3v) is 4.27. The summed E-state index contributed by atoms with van der Waals surface area (Å²) in [4.78, 5) is 14.5. The number of aromatic nitrogens is 1. The summed E-state index contributed by atoms with van der Waals surface area (Å²) < 4.78 is 5.10. The summed E-state index contributed by atoms with van der Waals surface area (Å²) in [5.74, 6) is 0. The topological polar surface area (TPSA) is 135 Å². The fraction of sp³-hybridized carbons (Fsp3) is 0.438. The Morgan fingerprint density at radius 2 is 1.96 bits per heavy atom. The van der Waals surface area contributed by atoms with Crippen molar-refractivity contribution in [2.75, 3.05) is 11.9 Å². The number of rotatable bonds is 3. The Bertz CT molecular complexity index is 792. The average molecular weight is 336 g/mol. The molecule has 0 amide bonds. The summed E-state index contributed by atoms with van der Waals surface area (Å²) in [6, 6.07) is 5.96. The third kappa shape index (κ3) is 3.02. The van der Waals surface area contributed by atoms with Crippen LogP contribution < -0.4 is 10.9 Å². The molecule has 2 heterocycles. The molecule has 0 saturated carbocycles. The smallest absolute Gasteiger partial charge is 0.251 e. The highest BCUT2D eigenvalue weighted by Gasteiger charge is 2.43. The number of aliphatic hydroxyl groups is 4. The van der Waals surface area contributed by atoms with Crippen LogP contribution in [0.4, 0.5) is 5.69 Å². The molecule has 0 spiro atoms. The normalized spacial score (nSPS) is 30.5. The van der Waals surface area contributed by atoms with E-state index in [1.807, 2.05) is 0 Å². The average Bonchev–Trinajstić information content (AvgIpc) is 2.56. The van der Waals surface area contributed by atoms with Crippen LogP contribution in [0.25, 0.3) is 10.9 Å². The SMILES string of the molecule is Cc1cc2ccc(NC3C(O)OC(CO)[C@H](O)C3O)cc2[nH]c1=O. The largest absolute Gasteiger partial charge is 0.394 e. The highest BCUT2D eigenvalue weighted by Crippen LogP contribution is 2.24. The molecule has 1 saturated heterocycles. The molecule has 4 unspecified atom stereocenters. The molecular weight excluding hydrogens is 316 g/mol. The molecule has 6 N–H and O–H groups in total. The van der Waals surface area contributed by atoms with Gasteiger partial charge in [-0.05, 0) is 30.5 Å². The van der Waals surface area contributed by atoms with Crippen LogP contribution in [0.2, 0.25) is 0 Å². The Morgan fingerprint density at radius 1 is 1.21 bits per heavy atom. The number of hydrogen-bond donors (Lipinski definition) is 6. The lowest BCUT2D eigenvalue weighted by Crippen LogP contribution is -2.61.